The minimum absolute atomic E-state index is 0.141. The number of aromatic nitrogens is 2. The van der Waals surface area contributed by atoms with Crippen molar-refractivity contribution >= 4 is 22.9 Å². The minimum atomic E-state index is -0.392. The fraction of sp³-hybridized carbons (Fsp3) is 0.250. The molecule has 0 spiro atoms. The van der Waals surface area contributed by atoms with E-state index in [4.69, 9.17) is 9.51 Å². The van der Waals surface area contributed by atoms with Crippen molar-refractivity contribution in [1.29, 1.82) is 0 Å². The van der Waals surface area contributed by atoms with Crippen molar-refractivity contribution < 1.29 is 9.32 Å². The van der Waals surface area contributed by atoms with Gasteiger partial charge in [0.15, 0.2) is 0 Å². The Morgan fingerprint density at radius 2 is 1.86 bits per heavy atom. The van der Waals surface area contributed by atoms with Gasteiger partial charge in [0.05, 0.1) is 18.2 Å². The Balaban J connectivity index is 1.59. The van der Waals surface area contributed by atoms with Crippen LogP contribution in [0.3, 0.4) is 0 Å². The number of carbonyl (C=O) groups is 1. The molecule has 35 heavy (non-hydrogen) atoms. The molecule has 2 amide bonds. The molecule has 0 saturated carbocycles. The topological polar surface area (TPSA) is 71.3 Å². The summed E-state index contributed by atoms with van der Waals surface area (Å²) in [5.41, 5.74) is 7.12. The summed E-state index contributed by atoms with van der Waals surface area (Å²) in [5, 5.41) is 9.49. The normalized spacial score (nSPS) is 16.1. The van der Waals surface area contributed by atoms with Crippen molar-refractivity contribution in [1.82, 2.24) is 20.4 Å². The van der Waals surface area contributed by atoms with Gasteiger partial charge in [-0.1, -0.05) is 60.6 Å². The Labute approximate surface area is 209 Å². The minimum Gasteiger partial charge on any atom is -0.334 e. The number of benzene rings is 2. The van der Waals surface area contributed by atoms with Crippen LogP contribution in [0.4, 0.5) is 4.79 Å². The van der Waals surface area contributed by atoms with Crippen LogP contribution in [0.15, 0.2) is 70.2 Å². The first-order chi connectivity index (χ1) is 16.9. The standard InChI is InChI=1S/C28H28N4O2S/c1-5-20-9-12-21(13-10-20)26-30-27(34-31-26)24-19(4)32(16-23-7-6-14-35-23)28(33)29-25(24)22-11-8-17(2)18(3)15-22/h6-15,25H,5,16H2,1-4H3,(H,29,33). The molecule has 0 fully saturated rings. The molecule has 1 aliphatic heterocycles. The molecule has 0 bridgehead atoms. The van der Waals surface area contributed by atoms with Crippen LogP contribution in [0, 0.1) is 13.8 Å². The molecule has 5 rings (SSSR count). The van der Waals surface area contributed by atoms with Gasteiger partial charge in [0, 0.05) is 16.1 Å². The quantitative estimate of drug-likeness (QED) is 0.332. The maximum Gasteiger partial charge on any atom is 0.322 e. The lowest BCUT2D eigenvalue weighted by Crippen LogP contribution is -2.45. The van der Waals surface area contributed by atoms with Gasteiger partial charge in [-0.3, -0.25) is 4.90 Å². The van der Waals surface area contributed by atoms with Crippen molar-refractivity contribution in [3.8, 4) is 11.4 Å². The molecule has 4 aromatic rings. The highest BCUT2D eigenvalue weighted by atomic mass is 32.1. The third-order valence-corrected chi connectivity index (χ3v) is 7.49. The molecule has 1 aliphatic rings. The van der Waals surface area contributed by atoms with Gasteiger partial charge >= 0.3 is 6.03 Å². The van der Waals surface area contributed by atoms with Crippen LogP contribution in [-0.4, -0.2) is 21.1 Å². The number of thiophene rings is 1. The van der Waals surface area contributed by atoms with E-state index in [0.29, 0.717) is 18.3 Å². The predicted octanol–water partition coefficient (Wildman–Crippen LogP) is 6.68. The van der Waals surface area contributed by atoms with Gasteiger partial charge < -0.3 is 9.84 Å². The second-order valence-corrected chi connectivity index (χ2v) is 9.90. The summed E-state index contributed by atoms with van der Waals surface area (Å²) in [5.74, 6) is 0.944. The van der Waals surface area contributed by atoms with Crippen LogP contribution in [0.1, 0.15) is 52.9 Å². The van der Waals surface area contributed by atoms with Gasteiger partial charge in [-0.25, -0.2) is 4.79 Å². The van der Waals surface area contributed by atoms with Crippen molar-refractivity contribution in [3.63, 3.8) is 0 Å². The fourth-order valence-corrected chi connectivity index (χ4v) is 5.03. The van der Waals surface area contributed by atoms with Gasteiger partial charge in [0.2, 0.25) is 5.82 Å². The maximum atomic E-state index is 13.2. The number of rotatable bonds is 6. The van der Waals surface area contributed by atoms with E-state index in [0.717, 1.165) is 39.3 Å². The molecular weight excluding hydrogens is 456 g/mol. The Kier molecular flexibility index (Phi) is 6.26. The summed E-state index contributed by atoms with van der Waals surface area (Å²) in [4.78, 5) is 20.9. The van der Waals surface area contributed by atoms with Crippen LogP contribution < -0.4 is 5.32 Å². The number of aryl methyl sites for hydroxylation is 3. The zero-order valence-corrected chi connectivity index (χ0v) is 21.1. The molecule has 2 aromatic carbocycles. The van der Waals surface area contributed by atoms with Crippen LogP contribution in [0.5, 0.6) is 0 Å². The molecule has 0 radical (unpaired) electrons. The molecule has 7 heteroatoms. The number of nitrogens with zero attached hydrogens (tertiary/aromatic N) is 3. The second kappa shape index (κ2) is 9.50. The fourth-order valence-electron chi connectivity index (χ4n) is 4.34. The first kappa shape index (κ1) is 23.1. The first-order valence-corrected chi connectivity index (χ1v) is 12.6. The molecule has 1 atom stereocenters. The summed E-state index contributed by atoms with van der Waals surface area (Å²) in [7, 11) is 0. The molecule has 1 N–H and O–H groups in total. The molecular formula is C28H28N4O2S. The van der Waals surface area contributed by atoms with E-state index in [1.165, 1.54) is 11.1 Å². The van der Waals surface area contributed by atoms with Gasteiger partial charge in [0.1, 0.15) is 0 Å². The third-order valence-electron chi connectivity index (χ3n) is 6.63. The van der Waals surface area contributed by atoms with E-state index in [9.17, 15) is 4.79 Å². The SMILES string of the molecule is CCc1ccc(-c2noc(C3=C(C)N(Cc4cccs4)C(=O)NC3c3ccc(C)c(C)c3)n2)cc1. The van der Waals surface area contributed by atoms with Crippen molar-refractivity contribution in [2.24, 2.45) is 0 Å². The summed E-state index contributed by atoms with van der Waals surface area (Å²) in [6.07, 6.45) is 0.973. The highest BCUT2D eigenvalue weighted by molar-refractivity contribution is 7.09. The molecule has 1 unspecified atom stereocenters. The summed E-state index contributed by atoms with van der Waals surface area (Å²) in [6.45, 7) is 8.72. The van der Waals surface area contributed by atoms with Crippen LogP contribution in [-0.2, 0) is 13.0 Å². The zero-order valence-electron chi connectivity index (χ0n) is 20.3. The molecule has 2 aromatic heterocycles. The van der Waals surface area contributed by atoms with E-state index in [-0.39, 0.29) is 6.03 Å². The first-order valence-electron chi connectivity index (χ1n) is 11.8. The second-order valence-electron chi connectivity index (χ2n) is 8.86. The number of hydrogen-bond donors (Lipinski definition) is 1. The van der Waals surface area contributed by atoms with E-state index >= 15 is 0 Å². The number of nitrogens with one attached hydrogen (secondary N) is 1. The highest BCUT2D eigenvalue weighted by Crippen LogP contribution is 2.38. The highest BCUT2D eigenvalue weighted by Gasteiger charge is 2.36. The molecule has 3 heterocycles. The van der Waals surface area contributed by atoms with Crippen molar-refractivity contribution in [2.75, 3.05) is 0 Å². The average molecular weight is 485 g/mol. The van der Waals surface area contributed by atoms with Crippen molar-refractivity contribution in [3.05, 3.63) is 98.7 Å². The number of amides is 2. The van der Waals surface area contributed by atoms with Crippen LogP contribution in [0.2, 0.25) is 0 Å². The Morgan fingerprint density at radius 3 is 2.54 bits per heavy atom. The number of hydrogen-bond acceptors (Lipinski definition) is 5. The lowest BCUT2D eigenvalue weighted by molar-refractivity contribution is 0.203. The van der Waals surface area contributed by atoms with E-state index < -0.39 is 6.04 Å². The summed E-state index contributed by atoms with van der Waals surface area (Å²) >= 11 is 1.63. The smallest absolute Gasteiger partial charge is 0.322 e. The maximum absolute atomic E-state index is 13.2. The average Bonchev–Trinajstić information content (AvgIpc) is 3.56. The molecule has 0 saturated heterocycles. The van der Waals surface area contributed by atoms with E-state index in [2.05, 4.69) is 61.6 Å². The lowest BCUT2D eigenvalue weighted by atomic mass is 9.92. The summed E-state index contributed by atoms with van der Waals surface area (Å²) in [6, 6.07) is 17.9. The number of carbonyl (C=O) groups excluding carboxylic acids is 1. The Morgan fingerprint density at radius 1 is 1.06 bits per heavy atom. The zero-order chi connectivity index (χ0) is 24.5. The van der Waals surface area contributed by atoms with Crippen LogP contribution in [0.25, 0.3) is 17.0 Å². The van der Waals surface area contributed by atoms with Gasteiger partial charge in [-0.15, -0.1) is 11.3 Å². The Bertz CT molecular complexity index is 1390. The van der Waals surface area contributed by atoms with E-state index in [1.54, 1.807) is 16.2 Å². The van der Waals surface area contributed by atoms with Gasteiger partial charge in [-0.05, 0) is 60.9 Å². The lowest BCUT2D eigenvalue weighted by Gasteiger charge is -2.35. The Hall–Kier alpha value is -3.71. The van der Waals surface area contributed by atoms with Gasteiger partial charge in [-0.2, -0.15) is 4.98 Å². The number of urea groups is 1. The number of allylic oxidation sites excluding steroid dienone is 1. The van der Waals surface area contributed by atoms with E-state index in [1.807, 2.05) is 36.6 Å². The van der Waals surface area contributed by atoms with Crippen molar-refractivity contribution in [2.45, 2.75) is 46.7 Å². The predicted molar refractivity (Wildman–Crippen MR) is 139 cm³/mol. The monoisotopic (exact) mass is 484 g/mol. The van der Waals surface area contributed by atoms with Crippen LogP contribution >= 0.6 is 11.3 Å². The largest absolute Gasteiger partial charge is 0.334 e. The molecule has 6 nitrogen and oxygen atoms in total. The third kappa shape index (κ3) is 4.51. The molecule has 0 aliphatic carbocycles. The summed E-state index contributed by atoms with van der Waals surface area (Å²) < 4.78 is 5.82. The van der Waals surface area contributed by atoms with Gasteiger partial charge in [0.25, 0.3) is 5.89 Å². The molecule has 178 valence electrons.